The van der Waals surface area contributed by atoms with Crippen LogP contribution in [-0.4, -0.2) is 11.8 Å². The maximum Gasteiger partial charge on any atom is 0.348 e. The lowest BCUT2D eigenvalue weighted by molar-refractivity contribution is -0.144. The molecule has 0 aromatic carbocycles. The van der Waals surface area contributed by atoms with Crippen molar-refractivity contribution in [3.8, 4) is 0 Å². The third kappa shape index (κ3) is 0.386. The first-order valence-electron chi connectivity index (χ1n) is 2.81. The Morgan fingerprint density at radius 3 is 2.56 bits per heavy atom. The minimum Gasteiger partial charge on any atom is -0.383 e. The molecule has 0 aromatic heterocycles. The van der Waals surface area contributed by atoms with Crippen molar-refractivity contribution in [3.63, 3.8) is 0 Å². The molecule has 9 heavy (non-hydrogen) atoms. The van der Waals surface area contributed by atoms with Crippen LogP contribution in [0.2, 0.25) is 0 Å². The van der Waals surface area contributed by atoms with E-state index in [-0.39, 0.29) is 5.97 Å². The number of nitrogens with zero attached hydrogens (tertiary/aromatic N) is 1. The Morgan fingerprint density at radius 1 is 1.67 bits per heavy atom. The summed E-state index contributed by atoms with van der Waals surface area (Å²) in [4.78, 5) is 15.1. The van der Waals surface area contributed by atoms with Crippen LogP contribution in [0.4, 0.5) is 0 Å². The Morgan fingerprint density at radius 2 is 2.33 bits per heavy atom. The van der Waals surface area contributed by atoms with Crippen molar-refractivity contribution in [2.24, 2.45) is 16.3 Å². The number of hydrogen-bond donors (Lipinski definition) is 1. The van der Waals surface area contributed by atoms with Gasteiger partial charge < -0.3 is 10.6 Å². The standard InChI is InChI=1S/C5H6N2O2/c6-3-5(1-2-5)4(8)9-7-3/h1-2H2,(H2,6,7). The van der Waals surface area contributed by atoms with Gasteiger partial charge in [-0.3, -0.25) is 0 Å². The summed E-state index contributed by atoms with van der Waals surface area (Å²) in [6, 6.07) is 0. The molecule has 48 valence electrons. The van der Waals surface area contributed by atoms with Gasteiger partial charge in [0, 0.05) is 0 Å². The summed E-state index contributed by atoms with van der Waals surface area (Å²) < 4.78 is 0. The highest BCUT2D eigenvalue weighted by Crippen LogP contribution is 2.49. The van der Waals surface area contributed by atoms with Crippen molar-refractivity contribution in [3.05, 3.63) is 0 Å². The molecule has 1 aliphatic carbocycles. The van der Waals surface area contributed by atoms with Crippen LogP contribution < -0.4 is 5.73 Å². The summed E-state index contributed by atoms with van der Waals surface area (Å²) >= 11 is 0. The summed E-state index contributed by atoms with van der Waals surface area (Å²) in [7, 11) is 0. The lowest BCUT2D eigenvalue weighted by Crippen LogP contribution is -2.26. The Balaban J connectivity index is 2.38. The molecule has 4 nitrogen and oxygen atoms in total. The molecule has 0 atom stereocenters. The minimum atomic E-state index is -0.472. The van der Waals surface area contributed by atoms with E-state index >= 15 is 0 Å². The lowest BCUT2D eigenvalue weighted by atomic mass is 10.1. The van der Waals surface area contributed by atoms with Crippen molar-refractivity contribution in [1.29, 1.82) is 0 Å². The van der Waals surface area contributed by atoms with E-state index < -0.39 is 5.41 Å². The van der Waals surface area contributed by atoms with E-state index in [1.54, 1.807) is 0 Å². The van der Waals surface area contributed by atoms with Crippen LogP contribution in [0.5, 0.6) is 0 Å². The zero-order valence-corrected chi connectivity index (χ0v) is 4.76. The molecular weight excluding hydrogens is 120 g/mol. The third-order valence-electron chi connectivity index (χ3n) is 1.86. The number of carbonyl (C=O) groups excluding carboxylic acids is 1. The van der Waals surface area contributed by atoms with Crippen LogP contribution in [0.3, 0.4) is 0 Å². The quantitative estimate of drug-likeness (QED) is 0.449. The Hall–Kier alpha value is -1.06. The van der Waals surface area contributed by atoms with Crippen LogP contribution in [0.25, 0.3) is 0 Å². The minimum absolute atomic E-state index is 0.278. The van der Waals surface area contributed by atoms with E-state index in [4.69, 9.17) is 5.73 Å². The molecule has 1 fully saturated rings. The van der Waals surface area contributed by atoms with Crippen LogP contribution >= 0.6 is 0 Å². The zero-order valence-electron chi connectivity index (χ0n) is 4.76. The van der Waals surface area contributed by atoms with Crippen molar-refractivity contribution in [1.82, 2.24) is 0 Å². The Bertz CT molecular complexity index is 205. The van der Waals surface area contributed by atoms with Gasteiger partial charge in [-0.1, -0.05) is 5.16 Å². The molecule has 2 aliphatic rings. The maximum atomic E-state index is 10.8. The van der Waals surface area contributed by atoms with Crippen LogP contribution in [0.15, 0.2) is 5.16 Å². The first-order valence-corrected chi connectivity index (χ1v) is 2.81. The van der Waals surface area contributed by atoms with Crippen LogP contribution in [0.1, 0.15) is 12.8 Å². The number of amidine groups is 1. The van der Waals surface area contributed by atoms with E-state index in [1.165, 1.54) is 0 Å². The van der Waals surface area contributed by atoms with Gasteiger partial charge in [-0.2, -0.15) is 0 Å². The van der Waals surface area contributed by atoms with Crippen molar-refractivity contribution >= 4 is 11.8 Å². The fourth-order valence-electron chi connectivity index (χ4n) is 0.955. The van der Waals surface area contributed by atoms with Crippen molar-refractivity contribution < 1.29 is 9.63 Å². The predicted octanol–water partition coefficient (Wildman–Crippen LogP) is -0.404. The van der Waals surface area contributed by atoms with Gasteiger partial charge >= 0.3 is 5.97 Å². The van der Waals surface area contributed by atoms with Gasteiger partial charge in [-0.15, -0.1) is 0 Å². The molecule has 1 spiro atoms. The van der Waals surface area contributed by atoms with E-state index in [1.807, 2.05) is 0 Å². The molecule has 0 unspecified atom stereocenters. The SMILES string of the molecule is NC1=NOC(=O)C12CC2. The molecule has 1 heterocycles. The van der Waals surface area contributed by atoms with Crippen molar-refractivity contribution in [2.45, 2.75) is 12.8 Å². The zero-order chi connectivity index (χ0) is 6.48. The van der Waals surface area contributed by atoms with Gasteiger partial charge in [0.25, 0.3) is 0 Å². The Kier molecular flexibility index (Phi) is 0.583. The molecule has 0 aromatic rings. The molecule has 2 rings (SSSR count). The second-order valence-corrected chi connectivity index (χ2v) is 2.44. The summed E-state index contributed by atoms with van der Waals surface area (Å²) in [6.07, 6.45) is 1.61. The summed E-state index contributed by atoms with van der Waals surface area (Å²) in [5.41, 5.74) is 4.90. The summed E-state index contributed by atoms with van der Waals surface area (Å²) in [6.45, 7) is 0. The van der Waals surface area contributed by atoms with Crippen LogP contribution in [-0.2, 0) is 9.63 Å². The molecular formula is C5H6N2O2. The third-order valence-corrected chi connectivity index (χ3v) is 1.86. The number of nitrogens with two attached hydrogens (primary N) is 1. The van der Waals surface area contributed by atoms with Gasteiger partial charge in [0.2, 0.25) is 0 Å². The molecule has 0 amide bonds. The van der Waals surface area contributed by atoms with Gasteiger partial charge in [-0.25, -0.2) is 4.79 Å². The van der Waals surface area contributed by atoms with Gasteiger partial charge in [0.05, 0.1) is 0 Å². The highest BCUT2D eigenvalue weighted by atomic mass is 16.7. The van der Waals surface area contributed by atoms with E-state index in [2.05, 4.69) is 9.99 Å². The van der Waals surface area contributed by atoms with E-state index in [0.717, 1.165) is 12.8 Å². The van der Waals surface area contributed by atoms with Gasteiger partial charge in [0.15, 0.2) is 5.84 Å². The normalized spacial score (nSPS) is 28.0. The molecule has 1 aliphatic heterocycles. The summed E-state index contributed by atoms with van der Waals surface area (Å²) in [5.74, 6) is 0.0764. The predicted molar refractivity (Wildman–Crippen MR) is 29.4 cm³/mol. The molecule has 0 saturated heterocycles. The number of carbonyl (C=O) groups is 1. The molecule has 0 bridgehead atoms. The fraction of sp³-hybridized carbons (Fsp3) is 0.600. The molecule has 1 saturated carbocycles. The monoisotopic (exact) mass is 126 g/mol. The largest absolute Gasteiger partial charge is 0.383 e. The van der Waals surface area contributed by atoms with Gasteiger partial charge in [0.1, 0.15) is 5.41 Å². The first kappa shape index (κ1) is 4.78. The summed E-state index contributed by atoms with van der Waals surface area (Å²) in [5, 5.41) is 3.38. The van der Waals surface area contributed by atoms with Crippen LogP contribution in [0, 0.1) is 5.41 Å². The number of hydrogen-bond acceptors (Lipinski definition) is 4. The average Bonchev–Trinajstić information content (AvgIpc) is 2.56. The van der Waals surface area contributed by atoms with Gasteiger partial charge in [-0.05, 0) is 12.8 Å². The molecule has 4 heteroatoms. The topological polar surface area (TPSA) is 64.7 Å². The number of oxime groups is 1. The van der Waals surface area contributed by atoms with E-state index in [0.29, 0.717) is 5.84 Å². The van der Waals surface area contributed by atoms with E-state index in [9.17, 15) is 4.79 Å². The highest BCUT2D eigenvalue weighted by Gasteiger charge is 2.59. The Labute approximate surface area is 51.7 Å². The first-order chi connectivity index (χ1) is 4.26. The molecule has 0 radical (unpaired) electrons. The highest BCUT2D eigenvalue weighted by molar-refractivity contribution is 6.10. The lowest BCUT2D eigenvalue weighted by Gasteiger charge is -1.95. The number of rotatable bonds is 0. The average molecular weight is 126 g/mol. The van der Waals surface area contributed by atoms with Crippen molar-refractivity contribution in [2.75, 3.05) is 0 Å². The second kappa shape index (κ2) is 1.10. The second-order valence-electron chi connectivity index (χ2n) is 2.44. The smallest absolute Gasteiger partial charge is 0.348 e. The molecule has 2 N–H and O–H groups in total. The maximum absolute atomic E-state index is 10.8. The fourth-order valence-corrected chi connectivity index (χ4v) is 0.955.